The zero-order chi connectivity index (χ0) is 16.7. The molecule has 0 heterocycles. The Morgan fingerprint density at radius 1 is 1.04 bits per heavy atom. The second kappa shape index (κ2) is 5.74. The number of hydrogen-bond donors (Lipinski definition) is 1. The summed E-state index contributed by atoms with van der Waals surface area (Å²) in [6, 6.07) is 14.8. The Labute approximate surface area is 137 Å². The zero-order valence-electron chi connectivity index (χ0n) is 13.5. The van der Waals surface area contributed by atoms with Crippen LogP contribution in [0.2, 0.25) is 0 Å². The fraction of sp³-hybridized carbons (Fsp3) is 0.333. The van der Waals surface area contributed by atoms with E-state index in [4.69, 9.17) is 4.55 Å². The van der Waals surface area contributed by atoms with Gasteiger partial charge in [0.25, 0.3) is 10.1 Å². The summed E-state index contributed by atoms with van der Waals surface area (Å²) in [4.78, 5) is 0. The Morgan fingerprint density at radius 3 is 2.48 bits per heavy atom. The second-order valence-corrected chi connectivity index (χ2v) is 8.26. The van der Waals surface area contributed by atoms with Gasteiger partial charge in [-0.25, -0.2) is 0 Å². The number of nitrogens with zero attached hydrogens (tertiary/aromatic N) is 1. The molecule has 0 spiro atoms. The Kier molecular flexibility index (Phi) is 4.04. The first kappa shape index (κ1) is 16.2. The molecular formula is C18H22NO3S+. The maximum absolute atomic E-state index is 10.9. The maximum atomic E-state index is 10.9. The summed E-state index contributed by atoms with van der Waals surface area (Å²) >= 11 is 0. The molecule has 4 nitrogen and oxygen atoms in total. The lowest BCUT2D eigenvalue weighted by atomic mass is 10.0. The average Bonchev–Trinajstić information content (AvgIpc) is 2.84. The Morgan fingerprint density at radius 2 is 1.74 bits per heavy atom. The lowest BCUT2D eigenvalue weighted by Gasteiger charge is -2.31. The van der Waals surface area contributed by atoms with Gasteiger partial charge in [0.05, 0.1) is 26.4 Å². The van der Waals surface area contributed by atoms with Crippen molar-refractivity contribution in [1.29, 1.82) is 0 Å². The van der Waals surface area contributed by atoms with Crippen molar-refractivity contribution in [3.63, 3.8) is 0 Å². The summed E-state index contributed by atoms with van der Waals surface area (Å²) in [5.41, 5.74) is 6.45. The Balaban J connectivity index is 1.90. The van der Waals surface area contributed by atoms with Gasteiger partial charge in [-0.2, -0.15) is 8.42 Å². The molecule has 0 bridgehead atoms. The van der Waals surface area contributed by atoms with Gasteiger partial charge in [0, 0.05) is 18.4 Å². The summed E-state index contributed by atoms with van der Waals surface area (Å²) in [7, 11) is 0.278. The standard InChI is InChI=1S/C18H21NO3S/c1-19(2,11-6-12-23(20,21)22)18-10-5-9-16-15-8-4-3-7-14(15)13-17(16)18/h3-5,7-10H,6,11-13H2,1-2H3/p+1. The maximum Gasteiger partial charge on any atom is 0.265 e. The molecule has 2 aromatic carbocycles. The van der Waals surface area contributed by atoms with Crippen molar-refractivity contribution in [2.24, 2.45) is 0 Å². The molecule has 0 saturated heterocycles. The van der Waals surface area contributed by atoms with E-state index in [9.17, 15) is 8.42 Å². The van der Waals surface area contributed by atoms with Crippen molar-refractivity contribution in [2.45, 2.75) is 12.8 Å². The van der Waals surface area contributed by atoms with Crippen molar-refractivity contribution in [2.75, 3.05) is 26.4 Å². The molecule has 0 amide bonds. The zero-order valence-corrected chi connectivity index (χ0v) is 14.3. The predicted molar refractivity (Wildman–Crippen MR) is 94.2 cm³/mol. The molecule has 3 rings (SSSR count). The largest absolute Gasteiger partial charge is 0.296 e. The van der Waals surface area contributed by atoms with Gasteiger partial charge in [-0.1, -0.05) is 36.4 Å². The summed E-state index contributed by atoms with van der Waals surface area (Å²) in [5.74, 6) is -0.191. The van der Waals surface area contributed by atoms with Crippen LogP contribution in [0.25, 0.3) is 11.1 Å². The van der Waals surface area contributed by atoms with Gasteiger partial charge < -0.3 is 0 Å². The molecule has 0 fully saturated rings. The molecule has 23 heavy (non-hydrogen) atoms. The summed E-state index contributed by atoms with van der Waals surface area (Å²) < 4.78 is 31.4. The third-order valence-electron chi connectivity index (χ3n) is 4.60. The van der Waals surface area contributed by atoms with E-state index < -0.39 is 10.1 Å². The third kappa shape index (κ3) is 3.32. The quantitative estimate of drug-likeness (QED) is 0.577. The SMILES string of the molecule is C[N+](C)(CCCS(=O)(=O)O)c1cccc2c1Cc1ccccc1-2. The minimum Gasteiger partial charge on any atom is -0.296 e. The molecule has 1 aliphatic carbocycles. The fourth-order valence-corrected chi connectivity index (χ4v) is 3.96. The molecule has 0 unspecified atom stereocenters. The highest BCUT2D eigenvalue weighted by atomic mass is 32.2. The molecule has 0 saturated carbocycles. The lowest BCUT2D eigenvalue weighted by molar-refractivity contribution is 0.392. The first-order chi connectivity index (χ1) is 10.8. The first-order valence-electron chi connectivity index (χ1n) is 7.77. The molecular weight excluding hydrogens is 310 g/mol. The van der Waals surface area contributed by atoms with E-state index in [1.165, 1.54) is 27.9 Å². The van der Waals surface area contributed by atoms with E-state index >= 15 is 0 Å². The van der Waals surface area contributed by atoms with Crippen molar-refractivity contribution in [3.8, 4) is 11.1 Å². The van der Waals surface area contributed by atoms with Gasteiger partial charge in [0.1, 0.15) is 5.69 Å². The minimum absolute atomic E-state index is 0.191. The highest BCUT2D eigenvalue weighted by Crippen LogP contribution is 2.42. The van der Waals surface area contributed by atoms with Crippen LogP contribution in [-0.2, 0) is 16.5 Å². The highest BCUT2D eigenvalue weighted by molar-refractivity contribution is 7.85. The normalized spacial score (nSPS) is 13.7. The van der Waals surface area contributed by atoms with E-state index in [0.29, 0.717) is 17.4 Å². The molecule has 0 atom stereocenters. The van der Waals surface area contributed by atoms with Crippen LogP contribution in [0.1, 0.15) is 17.5 Å². The predicted octanol–water partition coefficient (Wildman–Crippen LogP) is 3.10. The van der Waals surface area contributed by atoms with Crippen LogP contribution in [0, 0.1) is 0 Å². The third-order valence-corrected chi connectivity index (χ3v) is 5.40. The van der Waals surface area contributed by atoms with Crippen molar-refractivity contribution >= 4 is 15.8 Å². The topological polar surface area (TPSA) is 54.4 Å². The van der Waals surface area contributed by atoms with Gasteiger partial charge in [-0.3, -0.25) is 9.04 Å². The van der Waals surface area contributed by atoms with Crippen molar-refractivity contribution < 1.29 is 13.0 Å². The van der Waals surface area contributed by atoms with Crippen molar-refractivity contribution in [3.05, 3.63) is 53.6 Å². The number of fused-ring (bicyclic) bond motifs is 3. The molecule has 5 heteroatoms. The van der Waals surface area contributed by atoms with E-state index in [2.05, 4.69) is 56.6 Å². The number of quaternary nitrogens is 1. The van der Waals surface area contributed by atoms with E-state index in [1.54, 1.807) is 0 Å². The summed E-state index contributed by atoms with van der Waals surface area (Å²) in [6.07, 6.45) is 1.35. The lowest BCUT2D eigenvalue weighted by Crippen LogP contribution is -2.42. The fourth-order valence-electron chi connectivity index (χ4n) is 3.47. The van der Waals surface area contributed by atoms with Gasteiger partial charge in [0.15, 0.2) is 0 Å². The summed E-state index contributed by atoms with van der Waals surface area (Å²) in [5, 5.41) is 0. The number of hydrogen-bond acceptors (Lipinski definition) is 2. The van der Waals surface area contributed by atoms with Crippen LogP contribution in [0.3, 0.4) is 0 Å². The molecule has 0 radical (unpaired) electrons. The monoisotopic (exact) mass is 332 g/mol. The van der Waals surface area contributed by atoms with E-state index in [0.717, 1.165) is 6.42 Å². The van der Waals surface area contributed by atoms with E-state index in [-0.39, 0.29) is 5.75 Å². The van der Waals surface area contributed by atoms with Gasteiger partial charge >= 0.3 is 0 Å². The van der Waals surface area contributed by atoms with Gasteiger partial charge in [-0.05, 0) is 22.8 Å². The van der Waals surface area contributed by atoms with Gasteiger partial charge in [0.2, 0.25) is 0 Å². The smallest absolute Gasteiger partial charge is 0.265 e. The minimum atomic E-state index is -3.89. The second-order valence-electron chi connectivity index (χ2n) is 6.69. The van der Waals surface area contributed by atoms with Crippen LogP contribution in [-0.4, -0.2) is 39.4 Å². The number of rotatable bonds is 5. The molecule has 122 valence electrons. The summed E-state index contributed by atoms with van der Waals surface area (Å²) in [6.45, 7) is 0.659. The molecule has 0 aliphatic heterocycles. The molecule has 1 aliphatic rings. The number of benzene rings is 2. The first-order valence-corrected chi connectivity index (χ1v) is 9.38. The van der Waals surface area contributed by atoms with Crippen LogP contribution in [0.15, 0.2) is 42.5 Å². The van der Waals surface area contributed by atoms with Crippen LogP contribution >= 0.6 is 0 Å². The molecule has 2 aromatic rings. The average molecular weight is 332 g/mol. The van der Waals surface area contributed by atoms with Crippen LogP contribution in [0.5, 0.6) is 0 Å². The van der Waals surface area contributed by atoms with Gasteiger partial charge in [-0.15, -0.1) is 0 Å². The molecule has 0 aromatic heterocycles. The Bertz CT molecular complexity index is 841. The van der Waals surface area contributed by atoms with Crippen LogP contribution in [0.4, 0.5) is 5.69 Å². The molecule has 1 N–H and O–H groups in total. The highest BCUT2D eigenvalue weighted by Gasteiger charge is 2.29. The van der Waals surface area contributed by atoms with Crippen LogP contribution < -0.4 is 4.48 Å². The van der Waals surface area contributed by atoms with E-state index in [1.807, 2.05) is 0 Å². The van der Waals surface area contributed by atoms with Crippen molar-refractivity contribution in [1.82, 2.24) is 4.48 Å². The Hall–Kier alpha value is -1.69.